The van der Waals surface area contributed by atoms with Crippen molar-refractivity contribution < 1.29 is 19.4 Å². The number of benzene rings is 3. The van der Waals surface area contributed by atoms with Crippen molar-refractivity contribution in [3.63, 3.8) is 0 Å². The highest BCUT2D eigenvalue weighted by Crippen LogP contribution is 2.34. The van der Waals surface area contributed by atoms with Crippen molar-refractivity contribution in [2.24, 2.45) is 0 Å². The van der Waals surface area contributed by atoms with Crippen LogP contribution in [0.5, 0.6) is 5.75 Å². The molecule has 2 amide bonds. The van der Waals surface area contributed by atoms with Crippen LogP contribution in [0.4, 0.5) is 0 Å². The summed E-state index contributed by atoms with van der Waals surface area (Å²) in [6.07, 6.45) is 2.47. The van der Waals surface area contributed by atoms with E-state index in [0.717, 1.165) is 46.8 Å². The van der Waals surface area contributed by atoms with Crippen molar-refractivity contribution >= 4 is 23.2 Å². The van der Waals surface area contributed by atoms with E-state index in [-0.39, 0.29) is 24.4 Å². The van der Waals surface area contributed by atoms with E-state index in [4.69, 9.17) is 4.74 Å². The molecule has 0 unspecified atom stereocenters. The molecule has 0 spiro atoms. The topological polar surface area (TPSA) is 104 Å². The molecule has 8 nitrogen and oxygen atoms in total. The van der Waals surface area contributed by atoms with Crippen LogP contribution in [0.3, 0.4) is 0 Å². The molecule has 2 heterocycles. The van der Waals surface area contributed by atoms with Gasteiger partial charge in [0.05, 0.1) is 25.3 Å². The predicted octanol–water partition coefficient (Wildman–Crippen LogP) is 5.32. The van der Waals surface area contributed by atoms with E-state index in [1.165, 1.54) is 0 Å². The maximum atomic E-state index is 13.7. The Hall–Kier alpha value is -4.05. The molecule has 5 rings (SSSR count). The number of likely N-dealkylation sites (tertiary alicyclic amines) is 1. The first-order chi connectivity index (χ1) is 21.4. The first kappa shape index (κ1) is 31.4. The summed E-state index contributed by atoms with van der Waals surface area (Å²) in [4.78, 5) is 33.9. The fourth-order valence-corrected chi connectivity index (χ4v) is 6.55. The molecular weight excluding hydrogens is 572 g/mol. The Morgan fingerprint density at radius 2 is 1.80 bits per heavy atom. The number of hydrogen-bond donors (Lipinski definition) is 3. The van der Waals surface area contributed by atoms with E-state index >= 15 is 0 Å². The van der Waals surface area contributed by atoms with Gasteiger partial charge in [0.15, 0.2) is 0 Å². The molecular formula is C35H40N4O4S. The van der Waals surface area contributed by atoms with Crippen LogP contribution in [-0.4, -0.2) is 59.1 Å². The lowest BCUT2D eigenvalue weighted by atomic mass is 9.99. The third-order valence-electron chi connectivity index (χ3n) is 7.95. The van der Waals surface area contributed by atoms with Gasteiger partial charge >= 0.3 is 0 Å². The molecule has 1 aliphatic rings. The fourth-order valence-electron chi connectivity index (χ4n) is 5.61. The molecule has 0 saturated carbocycles. The minimum atomic E-state index is -0.856. The van der Waals surface area contributed by atoms with Crippen molar-refractivity contribution in [1.82, 2.24) is 20.5 Å². The van der Waals surface area contributed by atoms with Crippen molar-refractivity contribution in [3.8, 4) is 5.75 Å². The number of nitrogens with zero attached hydrogens (tertiary/aromatic N) is 2. The maximum absolute atomic E-state index is 13.7. The van der Waals surface area contributed by atoms with Crippen LogP contribution in [0.1, 0.15) is 67.8 Å². The summed E-state index contributed by atoms with van der Waals surface area (Å²) in [6.45, 7) is 3.45. The smallest absolute Gasteiger partial charge is 0.254 e. The molecule has 1 saturated heterocycles. The van der Waals surface area contributed by atoms with Gasteiger partial charge in [0.25, 0.3) is 11.8 Å². The second-order valence-electron chi connectivity index (χ2n) is 11.2. The second-order valence-corrected chi connectivity index (χ2v) is 12.1. The molecule has 1 fully saturated rings. The van der Waals surface area contributed by atoms with Gasteiger partial charge < -0.3 is 25.4 Å². The Kier molecular flexibility index (Phi) is 10.8. The van der Waals surface area contributed by atoms with Crippen molar-refractivity contribution in [1.29, 1.82) is 0 Å². The highest BCUT2D eigenvalue weighted by atomic mass is 32.1. The van der Waals surface area contributed by atoms with Crippen molar-refractivity contribution in [2.75, 3.05) is 20.2 Å². The number of ether oxygens (including phenoxy) is 1. The number of methoxy groups -OCH3 is 1. The van der Waals surface area contributed by atoms with E-state index < -0.39 is 12.1 Å². The van der Waals surface area contributed by atoms with Crippen LogP contribution in [0.15, 0.2) is 84.2 Å². The summed E-state index contributed by atoms with van der Waals surface area (Å²) < 4.78 is 5.31. The zero-order valence-corrected chi connectivity index (χ0v) is 26.1. The quantitative estimate of drug-likeness (QED) is 0.200. The Morgan fingerprint density at radius 3 is 2.57 bits per heavy atom. The number of nitrogens with one attached hydrogen (secondary N) is 2. The van der Waals surface area contributed by atoms with Crippen LogP contribution in [0, 0.1) is 6.92 Å². The van der Waals surface area contributed by atoms with Crippen LogP contribution in [-0.2, 0) is 13.0 Å². The molecule has 3 aromatic carbocycles. The first-order valence-electron chi connectivity index (χ1n) is 15.1. The molecule has 0 bridgehead atoms. The lowest BCUT2D eigenvalue weighted by molar-refractivity contribution is 0.0611. The highest BCUT2D eigenvalue weighted by molar-refractivity contribution is 7.09. The molecule has 3 atom stereocenters. The van der Waals surface area contributed by atoms with E-state index in [9.17, 15) is 14.7 Å². The number of piperidine rings is 1. The third-order valence-corrected chi connectivity index (χ3v) is 9.02. The summed E-state index contributed by atoms with van der Waals surface area (Å²) in [5, 5.41) is 20.6. The molecule has 1 aromatic heterocycles. The average molecular weight is 613 g/mol. The molecule has 4 aromatic rings. The largest absolute Gasteiger partial charge is 0.497 e. The normalized spacial score (nSPS) is 16.2. The Balaban J connectivity index is 1.28. The number of rotatable bonds is 12. The highest BCUT2D eigenvalue weighted by Gasteiger charge is 2.31. The second kappa shape index (κ2) is 15.1. The van der Waals surface area contributed by atoms with E-state index in [0.29, 0.717) is 30.6 Å². The molecule has 230 valence electrons. The third kappa shape index (κ3) is 8.11. The number of hydrogen-bond acceptors (Lipinski definition) is 7. The van der Waals surface area contributed by atoms with Gasteiger partial charge in [0, 0.05) is 41.8 Å². The van der Waals surface area contributed by atoms with Crippen LogP contribution in [0.2, 0.25) is 0 Å². The lowest BCUT2D eigenvalue weighted by Gasteiger charge is -2.34. The Labute approximate surface area is 263 Å². The van der Waals surface area contributed by atoms with Gasteiger partial charge in [-0.05, 0) is 74.1 Å². The van der Waals surface area contributed by atoms with E-state index in [2.05, 4.69) is 15.6 Å². The minimum absolute atomic E-state index is 0.0534. The van der Waals surface area contributed by atoms with E-state index in [1.807, 2.05) is 71.8 Å². The fraction of sp³-hybridized carbons (Fsp3) is 0.343. The summed E-state index contributed by atoms with van der Waals surface area (Å²) in [6, 6.07) is 23.8. The van der Waals surface area contributed by atoms with Crippen LogP contribution < -0.4 is 15.4 Å². The zero-order chi connectivity index (χ0) is 30.9. The summed E-state index contributed by atoms with van der Waals surface area (Å²) in [7, 11) is 1.63. The number of aryl methyl sites for hydroxylation is 1. The number of carbonyl (C=O) groups is 2. The monoisotopic (exact) mass is 612 g/mol. The molecule has 0 aliphatic carbocycles. The zero-order valence-electron chi connectivity index (χ0n) is 25.2. The van der Waals surface area contributed by atoms with Crippen molar-refractivity contribution in [3.05, 3.63) is 117 Å². The van der Waals surface area contributed by atoms with Gasteiger partial charge in [-0.1, -0.05) is 48.5 Å². The molecule has 1 aliphatic heterocycles. The predicted molar refractivity (Wildman–Crippen MR) is 173 cm³/mol. The molecule has 0 radical (unpaired) electrons. The number of carbonyl (C=O) groups excluding carboxylic acids is 2. The van der Waals surface area contributed by atoms with Gasteiger partial charge in [-0.25, -0.2) is 4.98 Å². The van der Waals surface area contributed by atoms with Gasteiger partial charge in [0.2, 0.25) is 0 Å². The summed E-state index contributed by atoms with van der Waals surface area (Å²) in [5.41, 5.74) is 3.84. The number of aliphatic hydroxyl groups excluding tert-OH is 1. The maximum Gasteiger partial charge on any atom is 0.254 e. The van der Waals surface area contributed by atoms with Gasteiger partial charge in [-0.2, -0.15) is 0 Å². The first-order valence-corrected chi connectivity index (χ1v) is 16.0. The summed E-state index contributed by atoms with van der Waals surface area (Å²) in [5.74, 6) is 0.340. The van der Waals surface area contributed by atoms with Crippen molar-refractivity contribution in [2.45, 2.75) is 57.3 Å². The number of aromatic nitrogens is 1. The number of amides is 2. The van der Waals surface area contributed by atoms with Crippen LogP contribution in [0.25, 0.3) is 0 Å². The molecule has 9 heteroatoms. The lowest BCUT2D eigenvalue weighted by Crippen LogP contribution is -2.48. The number of thiazole rings is 1. The van der Waals surface area contributed by atoms with Gasteiger partial charge in [-0.15, -0.1) is 11.3 Å². The Morgan fingerprint density at radius 1 is 1.02 bits per heavy atom. The van der Waals surface area contributed by atoms with Gasteiger partial charge in [0.1, 0.15) is 10.8 Å². The Bertz CT molecular complexity index is 1540. The van der Waals surface area contributed by atoms with E-state index in [1.54, 1.807) is 42.7 Å². The number of aliphatic hydroxyl groups is 1. The molecule has 3 N–H and O–H groups in total. The molecule has 44 heavy (non-hydrogen) atoms. The SMILES string of the molecule is COc1cccc(CNC[C@H](O)[C@H](Cc2ccccc2)NC(=O)c2cccc(C(=O)N3CCCC[C@@H]3c3nc(C)cs3)c2)c1. The summed E-state index contributed by atoms with van der Waals surface area (Å²) >= 11 is 1.59. The average Bonchev–Trinajstić information content (AvgIpc) is 3.50. The van der Waals surface area contributed by atoms with Crippen LogP contribution >= 0.6 is 11.3 Å². The van der Waals surface area contributed by atoms with Gasteiger partial charge in [-0.3, -0.25) is 9.59 Å². The standard InChI is InChI=1S/C35H40N4O4S/c1-24-23-44-34(37-24)31-16-6-7-17-39(31)35(42)28-14-9-13-27(20-28)33(41)38-30(19-25-10-4-3-5-11-25)32(40)22-36-21-26-12-8-15-29(18-26)43-2/h3-5,8-15,18,20,23,30-32,36,40H,6-7,16-17,19,21-22H2,1-2H3,(H,38,41)/t30-,31+,32-/m0/s1. The minimum Gasteiger partial charge on any atom is -0.497 e.